The third-order valence-electron chi connectivity index (χ3n) is 2.67. The molecule has 0 aliphatic heterocycles. The Hall–Kier alpha value is -0.380. The quantitative estimate of drug-likeness (QED) is 0.517. The van der Waals surface area contributed by atoms with Crippen LogP contribution in [-0.4, -0.2) is 31.7 Å². The van der Waals surface area contributed by atoms with Crippen LogP contribution in [0.1, 0.15) is 12.8 Å². The first-order valence-corrected chi connectivity index (χ1v) is 4.65. The average Bonchev–Trinajstić information content (AvgIpc) is 2.57. The SMILES string of the molecule is C=C[C@@H]1C[C@H](OCOC)C[C@@H]1CO. The van der Waals surface area contributed by atoms with Crippen LogP contribution in [0.3, 0.4) is 0 Å². The molecule has 3 heteroatoms. The lowest BCUT2D eigenvalue weighted by molar-refractivity contribution is -0.0707. The molecule has 3 nitrogen and oxygen atoms in total. The van der Waals surface area contributed by atoms with Gasteiger partial charge in [0, 0.05) is 13.7 Å². The van der Waals surface area contributed by atoms with E-state index in [4.69, 9.17) is 14.6 Å². The summed E-state index contributed by atoms with van der Waals surface area (Å²) < 4.78 is 10.3. The number of aliphatic hydroxyl groups excluding tert-OH is 1. The van der Waals surface area contributed by atoms with Crippen molar-refractivity contribution in [3.63, 3.8) is 0 Å². The highest BCUT2D eigenvalue weighted by molar-refractivity contribution is 4.93. The Morgan fingerprint density at radius 2 is 2.31 bits per heavy atom. The van der Waals surface area contributed by atoms with Crippen molar-refractivity contribution < 1.29 is 14.6 Å². The number of methoxy groups -OCH3 is 1. The largest absolute Gasteiger partial charge is 0.396 e. The van der Waals surface area contributed by atoms with Crippen molar-refractivity contribution in [3.8, 4) is 0 Å². The topological polar surface area (TPSA) is 38.7 Å². The lowest BCUT2D eigenvalue weighted by Crippen LogP contribution is -2.11. The molecule has 1 rings (SSSR count). The van der Waals surface area contributed by atoms with E-state index in [-0.39, 0.29) is 12.7 Å². The molecular formula is C10H18O3. The fourth-order valence-electron chi connectivity index (χ4n) is 1.90. The first-order valence-electron chi connectivity index (χ1n) is 4.65. The zero-order valence-corrected chi connectivity index (χ0v) is 8.11. The molecule has 0 aromatic rings. The zero-order valence-electron chi connectivity index (χ0n) is 8.11. The van der Waals surface area contributed by atoms with Gasteiger partial charge in [-0.05, 0) is 24.7 Å². The van der Waals surface area contributed by atoms with Crippen LogP contribution in [0.15, 0.2) is 12.7 Å². The molecule has 13 heavy (non-hydrogen) atoms. The lowest BCUT2D eigenvalue weighted by Gasteiger charge is -2.10. The zero-order chi connectivity index (χ0) is 9.68. The highest BCUT2D eigenvalue weighted by Crippen LogP contribution is 2.34. The van der Waals surface area contributed by atoms with E-state index in [1.165, 1.54) is 0 Å². The monoisotopic (exact) mass is 186 g/mol. The van der Waals surface area contributed by atoms with E-state index in [2.05, 4.69) is 6.58 Å². The minimum atomic E-state index is 0.222. The Balaban J connectivity index is 2.34. The highest BCUT2D eigenvalue weighted by atomic mass is 16.7. The van der Waals surface area contributed by atoms with Crippen LogP contribution in [0, 0.1) is 11.8 Å². The summed E-state index contributed by atoms with van der Waals surface area (Å²) in [6.45, 7) is 4.32. The van der Waals surface area contributed by atoms with E-state index in [0.717, 1.165) is 12.8 Å². The Morgan fingerprint density at radius 1 is 1.54 bits per heavy atom. The first kappa shape index (κ1) is 10.7. The van der Waals surface area contributed by atoms with E-state index in [1.54, 1.807) is 7.11 Å². The molecule has 1 N–H and O–H groups in total. The van der Waals surface area contributed by atoms with Crippen LogP contribution >= 0.6 is 0 Å². The summed E-state index contributed by atoms with van der Waals surface area (Å²) in [5.41, 5.74) is 0. The van der Waals surface area contributed by atoms with Crippen molar-refractivity contribution in [1.29, 1.82) is 0 Å². The Morgan fingerprint density at radius 3 is 2.77 bits per heavy atom. The van der Waals surface area contributed by atoms with Crippen LogP contribution in [0.5, 0.6) is 0 Å². The van der Waals surface area contributed by atoms with E-state index in [9.17, 15) is 0 Å². The molecule has 1 aliphatic carbocycles. The molecule has 0 bridgehead atoms. The van der Waals surface area contributed by atoms with Crippen molar-refractivity contribution >= 4 is 0 Å². The minimum Gasteiger partial charge on any atom is -0.396 e. The van der Waals surface area contributed by atoms with Gasteiger partial charge in [-0.1, -0.05) is 6.08 Å². The summed E-state index contributed by atoms with van der Waals surface area (Å²) in [6, 6.07) is 0. The number of rotatable bonds is 5. The molecule has 0 unspecified atom stereocenters. The molecule has 0 saturated heterocycles. The van der Waals surface area contributed by atoms with Gasteiger partial charge in [0.2, 0.25) is 0 Å². The van der Waals surface area contributed by atoms with E-state index in [0.29, 0.717) is 18.6 Å². The van der Waals surface area contributed by atoms with Crippen LogP contribution in [0.25, 0.3) is 0 Å². The van der Waals surface area contributed by atoms with Crippen molar-refractivity contribution in [3.05, 3.63) is 12.7 Å². The van der Waals surface area contributed by atoms with Gasteiger partial charge >= 0.3 is 0 Å². The Labute approximate surface area is 79.3 Å². The van der Waals surface area contributed by atoms with Gasteiger partial charge in [-0.15, -0.1) is 6.58 Å². The molecule has 0 spiro atoms. The van der Waals surface area contributed by atoms with Crippen molar-refractivity contribution in [2.45, 2.75) is 18.9 Å². The number of ether oxygens (including phenoxy) is 2. The molecule has 76 valence electrons. The van der Waals surface area contributed by atoms with Crippen LogP contribution in [-0.2, 0) is 9.47 Å². The molecular weight excluding hydrogens is 168 g/mol. The predicted octanol–water partition coefficient (Wildman–Crippen LogP) is 1.18. The second kappa shape index (κ2) is 5.37. The van der Waals surface area contributed by atoms with Crippen molar-refractivity contribution in [1.82, 2.24) is 0 Å². The van der Waals surface area contributed by atoms with Gasteiger partial charge in [0.25, 0.3) is 0 Å². The maximum Gasteiger partial charge on any atom is 0.146 e. The Bertz CT molecular complexity index is 158. The van der Waals surface area contributed by atoms with Gasteiger partial charge in [0.1, 0.15) is 6.79 Å². The molecule has 3 atom stereocenters. The van der Waals surface area contributed by atoms with Gasteiger partial charge in [-0.25, -0.2) is 0 Å². The maximum absolute atomic E-state index is 9.08. The van der Waals surface area contributed by atoms with E-state index >= 15 is 0 Å². The second-order valence-electron chi connectivity index (χ2n) is 3.51. The molecule has 1 fully saturated rings. The summed E-state index contributed by atoms with van der Waals surface area (Å²) in [4.78, 5) is 0. The smallest absolute Gasteiger partial charge is 0.146 e. The van der Waals surface area contributed by atoms with Crippen LogP contribution in [0.4, 0.5) is 0 Å². The molecule has 0 amide bonds. The molecule has 0 heterocycles. The molecule has 0 radical (unpaired) electrons. The third-order valence-corrected chi connectivity index (χ3v) is 2.67. The van der Waals surface area contributed by atoms with Gasteiger partial charge in [0.05, 0.1) is 6.10 Å². The fraction of sp³-hybridized carbons (Fsp3) is 0.800. The number of allylic oxidation sites excluding steroid dienone is 1. The molecule has 0 aromatic carbocycles. The maximum atomic E-state index is 9.08. The van der Waals surface area contributed by atoms with E-state index < -0.39 is 0 Å². The Kier molecular flexibility index (Phi) is 4.42. The molecule has 1 saturated carbocycles. The minimum absolute atomic E-state index is 0.222. The van der Waals surface area contributed by atoms with E-state index in [1.807, 2.05) is 6.08 Å². The summed E-state index contributed by atoms with van der Waals surface area (Å²) in [6.07, 6.45) is 4.01. The van der Waals surface area contributed by atoms with Gasteiger partial charge in [0.15, 0.2) is 0 Å². The summed E-state index contributed by atoms with van der Waals surface area (Å²) in [7, 11) is 1.61. The van der Waals surface area contributed by atoms with Crippen LogP contribution < -0.4 is 0 Å². The van der Waals surface area contributed by atoms with Crippen molar-refractivity contribution in [2.24, 2.45) is 11.8 Å². The summed E-state index contributed by atoms with van der Waals surface area (Å²) in [5.74, 6) is 0.714. The molecule has 1 aliphatic rings. The van der Waals surface area contributed by atoms with Gasteiger partial charge in [-0.2, -0.15) is 0 Å². The normalized spacial score (nSPS) is 33.5. The standard InChI is InChI=1S/C10H18O3/c1-3-8-4-10(13-7-12-2)5-9(8)6-11/h3,8-11H,1,4-7H2,2H3/t8-,9-,10+/m1/s1. The van der Waals surface area contributed by atoms with Gasteiger partial charge < -0.3 is 14.6 Å². The third kappa shape index (κ3) is 2.79. The summed E-state index contributed by atoms with van der Waals surface area (Å²) >= 11 is 0. The molecule has 0 aromatic heterocycles. The number of hydrogen-bond donors (Lipinski definition) is 1. The van der Waals surface area contributed by atoms with Crippen molar-refractivity contribution in [2.75, 3.05) is 20.5 Å². The second-order valence-corrected chi connectivity index (χ2v) is 3.51. The van der Waals surface area contributed by atoms with Crippen LogP contribution in [0.2, 0.25) is 0 Å². The first-order chi connectivity index (χ1) is 6.31. The lowest BCUT2D eigenvalue weighted by atomic mass is 9.97. The number of aliphatic hydroxyl groups is 1. The van der Waals surface area contributed by atoms with Gasteiger partial charge in [-0.3, -0.25) is 0 Å². The summed E-state index contributed by atoms with van der Waals surface area (Å²) in [5, 5.41) is 9.08. The predicted molar refractivity (Wildman–Crippen MR) is 50.2 cm³/mol. The highest BCUT2D eigenvalue weighted by Gasteiger charge is 2.32. The average molecular weight is 186 g/mol. The number of hydrogen-bond acceptors (Lipinski definition) is 3. The fourth-order valence-corrected chi connectivity index (χ4v) is 1.90.